The third-order valence-electron chi connectivity index (χ3n) is 7.49. The molecule has 0 saturated carbocycles. The van der Waals surface area contributed by atoms with E-state index in [0.717, 1.165) is 24.3 Å². The summed E-state index contributed by atoms with van der Waals surface area (Å²) in [5.41, 5.74) is -1.64. The van der Waals surface area contributed by atoms with Crippen molar-refractivity contribution in [1.82, 2.24) is 4.90 Å². The summed E-state index contributed by atoms with van der Waals surface area (Å²) in [6, 6.07) is 16.6. The van der Waals surface area contributed by atoms with Crippen LogP contribution in [-0.2, 0) is 33.8 Å². The van der Waals surface area contributed by atoms with E-state index in [-0.39, 0.29) is 50.3 Å². The highest BCUT2D eigenvalue weighted by Gasteiger charge is 2.41. The molecule has 1 heterocycles. The molecular formula is C33H32F6N2O3. The van der Waals surface area contributed by atoms with Gasteiger partial charge in [0.05, 0.1) is 36.0 Å². The van der Waals surface area contributed by atoms with E-state index < -0.39 is 40.6 Å². The monoisotopic (exact) mass is 618 g/mol. The van der Waals surface area contributed by atoms with E-state index in [9.17, 15) is 31.1 Å². The van der Waals surface area contributed by atoms with Gasteiger partial charge in [-0.3, -0.25) is 0 Å². The topological polar surface area (TPSA) is 62.6 Å². The van der Waals surface area contributed by atoms with Crippen molar-refractivity contribution < 1.29 is 40.6 Å². The smallest absolute Gasteiger partial charge is 0.416 e. The zero-order chi connectivity index (χ0) is 32.3. The summed E-state index contributed by atoms with van der Waals surface area (Å²) in [5, 5.41) is 9.05. The van der Waals surface area contributed by atoms with Crippen LogP contribution in [0.5, 0.6) is 0 Å². The molecule has 0 spiro atoms. The Kier molecular flexibility index (Phi) is 9.35. The minimum Gasteiger partial charge on any atom is -0.444 e. The molecular weight excluding hydrogens is 586 g/mol. The van der Waals surface area contributed by atoms with E-state index in [0.29, 0.717) is 16.7 Å². The van der Waals surface area contributed by atoms with Gasteiger partial charge in [-0.05, 0) is 92.3 Å². The Balaban J connectivity index is 1.60. The van der Waals surface area contributed by atoms with E-state index in [4.69, 9.17) is 14.7 Å². The molecule has 0 aliphatic carbocycles. The number of hydrogen-bond donors (Lipinski definition) is 0. The second kappa shape index (κ2) is 12.5. The minimum atomic E-state index is -4.63. The van der Waals surface area contributed by atoms with Crippen LogP contribution in [0.2, 0.25) is 0 Å². The van der Waals surface area contributed by atoms with Crippen molar-refractivity contribution in [2.45, 2.75) is 63.6 Å². The predicted octanol–water partition coefficient (Wildman–Crippen LogP) is 8.75. The minimum absolute atomic E-state index is 0.0844. The van der Waals surface area contributed by atoms with E-state index in [2.05, 4.69) is 0 Å². The molecule has 0 atom stereocenters. The average Bonchev–Trinajstić information content (AvgIpc) is 2.95. The van der Waals surface area contributed by atoms with E-state index in [1.807, 2.05) is 6.07 Å². The molecule has 0 aromatic heterocycles. The zero-order valence-corrected chi connectivity index (χ0v) is 24.5. The molecule has 1 saturated heterocycles. The van der Waals surface area contributed by atoms with Crippen LogP contribution in [0.3, 0.4) is 0 Å². The number of alkyl halides is 6. The number of rotatable bonds is 6. The normalized spacial score (nSPS) is 15.5. The molecule has 1 fully saturated rings. The molecule has 1 aliphatic heterocycles. The Morgan fingerprint density at radius 1 is 0.864 bits per heavy atom. The van der Waals surface area contributed by atoms with Gasteiger partial charge in [0, 0.05) is 18.5 Å². The first kappa shape index (κ1) is 32.9. The summed E-state index contributed by atoms with van der Waals surface area (Å²) in [4.78, 5) is 14.2. The lowest BCUT2D eigenvalue weighted by molar-refractivity contribution is -0.138. The number of amides is 1. The Morgan fingerprint density at radius 3 is 2.07 bits per heavy atom. The van der Waals surface area contributed by atoms with Crippen LogP contribution >= 0.6 is 0 Å². The number of halogens is 6. The van der Waals surface area contributed by atoms with Crippen molar-refractivity contribution in [3.63, 3.8) is 0 Å². The van der Waals surface area contributed by atoms with Gasteiger partial charge in [0.1, 0.15) is 5.60 Å². The lowest BCUT2D eigenvalue weighted by Gasteiger charge is -2.42. The number of carbonyl (C=O) groups is 1. The predicted molar refractivity (Wildman–Crippen MR) is 151 cm³/mol. The van der Waals surface area contributed by atoms with Gasteiger partial charge in [0.25, 0.3) is 0 Å². The van der Waals surface area contributed by atoms with Crippen LogP contribution in [-0.4, -0.2) is 36.3 Å². The zero-order valence-electron chi connectivity index (χ0n) is 24.5. The Labute approximate surface area is 252 Å². The molecule has 0 unspecified atom stereocenters. The van der Waals surface area contributed by atoms with Crippen molar-refractivity contribution in [2.75, 3.05) is 19.7 Å². The lowest BCUT2D eigenvalue weighted by Crippen LogP contribution is -2.48. The Bertz CT molecular complexity index is 1510. The molecule has 44 heavy (non-hydrogen) atoms. The van der Waals surface area contributed by atoms with Crippen molar-refractivity contribution in [3.05, 3.63) is 94.5 Å². The summed E-state index contributed by atoms with van der Waals surface area (Å²) in [6.45, 7) is 5.27. The van der Waals surface area contributed by atoms with E-state index >= 15 is 0 Å². The molecule has 1 amide bonds. The molecule has 1 aliphatic rings. The van der Waals surface area contributed by atoms with Gasteiger partial charge >= 0.3 is 18.4 Å². The molecule has 11 heteroatoms. The highest BCUT2D eigenvalue weighted by atomic mass is 19.4. The lowest BCUT2D eigenvalue weighted by atomic mass is 9.73. The Morgan fingerprint density at radius 2 is 1.50 bits per heavy atom. The highest BCUT2D eigenvalue weighted by Crippen LogP contribution is 2.40. The van der Waals surface area contributed by atoms with Crippen LogP contribution in [0.4, 0.5) is 31.1 Å². The average molecular weight is 619 g/mol. The first-order chi connectivity index (χ1) is 20.5. The fourth-order valence-corrected chi connectivity index (χ4v) is 5.19. The van der Waals surface area contributed by atoms with E-state index in [1.54, 1.807) is 45.0 Å². The van der Waals surface area contributed by atoms with Crippen molar-refractivity contribution in [2.24, 2.45) is 0 Å². The number of piperidine rings is 1. The number of benzene rings is 3. The number of ether oxygens (including phenoxy) is 2. The molecule has 4 rings (SSSR count). The standard InChI is InChI=1S/C33H32F6N2O3/c1-30(2,3)44-29(42)41-13-11-31(12-14-41,26-5-4-6-27(18-26)32(34,35)36)21-43-20-23-15-25(17-28(16-23)33(37,38)39)24-9-7-22(19-40)8-10-24/h4-10,15-18H,11-14,20-21H2,1-3H3. The number of hydrogen-bond acceptors (Lipinski definition) is 4. The van der Waals surface area contributed by atoms with Crippen molar-refractivity contribution in [1.29, 1.82) is 5.26 Å². The molecule has 0 bridgehead atoms. The molecule has 3 aromatic rings. The summed E-state index contributed by atoms with van der Waals surface area (Å²) in [6.07, 6.45) is -9.23. The van der Waals surface area contributed by atoms with Crippen LogP contribution < -0.4 is 0 Å². The Hall–Kier alpha value is -4.04. The SMILES string of the molecule is CC(C)(C)OC(=O)N1CCC(COCc2cc(-c3ccc(C#N)cc3)cc(C(F)(F)F)c2)(c2cccc(C(F)(F)F)c2)CC1. The number of nitriles is 1. The molecule has 5 nitrogen and oxygen atoms in total. The van der Waals surface area contributed by atoms with Gasteiger partial charge in [0.2, 0.25) is 0 Å². The second-order valence-corrected chi connectivity index (χ2v) is 11.9. The second-order valence-electron chi connectivity index (χ2n) is 11.9. The summed E-state index contributed by atoms with van der Waals surface area (Å²) in [5.74, 6) is 0. The fourth-order valence-electron chi connectivity index (χ4n) is 5.19. The van der Waals surface area contributed by atoms with E-state index in [1.165, 1.54) is 23.1 Å². The largest absolute Gasteiger partial charge is 0.444 e. The maximum absolute atomic E-state index is 13.8. The number of nitrogens with zero attached hydrogens (tertiary/aromatic N) is 2. The maximum Gasteiger partial charge on any atom is 0.416 e. The maximum atomic E-state index is 13.8. The van der Waals surface area contributed by atoms with Gasteiger partial charge in [-0.25, -0.2) is 4.79 Å². The third-order valence-corrected chi connectivity index (χ3v) is 7.49. The fraction of sp³-hybridized carbons (Fsp3) is 0.394. The van der Waals surface area contributed by atoms with Gasteiger partial charge in [0.15, 0.2) is 0 Å². The first-order valence-corrected chi connectivity index (χ1v) is 13.9. The highest BCUT2D eigenvalue weighted by molar-refractivity contribution is 5.68. The van der Waals surface area contributed by atoms with Gasteiger partial charge in [-0.1, -0.05) is 30.3 Å². The van der Waals surface area contributed by atoms with Crippen LogP contribution in [0, 0.1) is 11.3 Å². The summed E-state index contributed by atoms with van der Waals surface area (Å²) < 4.78 is 93.6. The summed E-state index contributed by atoms with van der Waals surface area (Å²) >= 11 is 0. The number of likely N-dealkylation sites (tertiary alicyclic amines) is 1. The third kappa shape index (κ3) is 8.11. The van der Waals surface area contributed by atoms with Gasteiger partial charge in [-0.15, -0.1) is 0 Å². The summed E-state index contributed by atoms with van der Waals surface area (Å²) in [7, 11) is 0. The van der Waals surface area contributed by atoms with Gasteiger partial charge < -0.3 is 14.4 Å². The quantitative estimate of drug-likeness (QED) is 0.259. The van der Waals surface area contributed by atoms with Crippen LogP contribution in [0.25, 0.3) is 11.1 Å². The molecule has 0 N–H and O–H groups in total. The van der Waals surface area contributed by atoms with Crippen molar-refractivity contribution >= 4 is 6.09 Å². The van der Waals surface area contributed by atoms with Crippen molar-refractivity contribution in [3.8, 4) is 17.2 Å². The molecule has 0 radical (unpaired) electrons. The van der Waals surface area contributed by atoms with Crippen LogP contribution in [0.1, 0.15) is 61.4 Å². The first-order valence-electron chi connectivity index (χ1n) is 13.9. The molecule has 3 aromatic carbocycles. The van der Waals surface area contributed by atoms with Crippen LogP contribution in [0.15, 0.2) is 66.7 Å². The number of carbonyl (C=O) groups excluding carboxylic acids is 1. The van der Waals surface area contributed by atoms with Gasteiger partial charge in [-0.2, -0.15) is 31.6 Å². The molecule has 234 valence electrons.